The molecule has 0 aliphatic heterocycles. The average molecular weight is 207 g/mol. The van der Waals surface area contributed by atoms with Gasteiger partial charge in [-0.15, -0.1) is 0 Å². The Balaban J connectivity index is 2.54. The van der Waals surface area contributed by atoms with Crippen LogP contribution < -0.4 is 0 Å². The molecule has 14 heavy (non-hydrogen) atoms. The fraction of sp³-hybridized carbons (Fsp3) is 0.182. The standard InChI is InChI=1S/C11H11ClN2/c1-8-11(14(2)7-13-8)9-3-5-10(12)6-4-9/h3-7H,1-2H3. The van der Waals surface area contributed by atoms with E-state index in [0.717, 1.165) is 22.0 Å². The van der Waals surface area contributed by atoms with Gasteiger partial charge in [-0.1, -0.05) is 23.7 Å². The third kappa shape index (κ3) is 1.53. The second-order valence-electron chi connectivity index (χ2n) is 3.30. The summed E-state index contributed by atoms with van der Waals surface area (Å²) in [5, 5.41) is 0.758. The molecule has 0 amide bonds. The summed E-state index contributed by atoms with van der Waals surface area (Å²) in [5.41, 5.74) is 3.32. The van der Waals surface area contributed by atoms with Gasteiger partial charge in [-0.05, 0) is 19.1 Å². The topological polar surface area (TPSA) is 17.8 Å². The summed E-state index contributed by atoms with van der Waals surface area (Å²) in [7, 11) is 1.99. The first-order valence-corrected chi connectivity index (χ1v) is 4.80. The normalized spacial score (nSPS) is 10.5. The van der Waals surface area contributed by atoms with Crippen LogP contribution in [0.4, 0.5) is 0 Å². The lowest BCUT2D eigenvalue weighted by Gasteiger charge is -2.03. The van der Waals surface area contributed by atoms with Gasteiger partial charge >= 0.3 is 0 Å². The number of nitrogens with zero attached hydrogens (tertiary/aromatic N) is 2. The molecule has 72 valence electrons. The number of halogens is 1. The lowest BCUT2D eigenvalue weighted by molar-refractivity contribution is 0.921. The third-order valence-electron chi connectivity index (χ3n) is 2.24. The zero-order valence-electron chi connectivity index (χ0n) is 8.16. The van der Waals surface area contributed by atoms with Crippen molar-refractivity contribution in [1.82, 2.24) is 9.55 Å². The van der Waals surface area contributed by atoms with Crippen molar-refractivity contribution in [3.63, 3.8) is 0 Å². The first-order chi connectivity index (χ1) is 6.68. The van der Waals surface area contributed by atoms with E-state index < -0.39 is 0 Å². The van der Waals surface area contributed by atoms with Crippen LogP contribution in [0.2, 0.25) is 5.02 Å². The van der Waals surface area contributed by atoms with Gasteiger partial charge in [-0.3, -0.25) is 0 Å². The zero-order chi connectivity index (χ0) is 10.1. The van der Waals surface area contributed by atoms with Crippen molar-refractivity contribution < 1.29 is 0 Å². The van der Waals surface area contributed by atoms with E-state index in [0.29, 0.717) is 0 Å². The Labute approximate surface area is 88.2 Å². The van der Waals surface area contributed by atoms with E-state index in [2.05, 4.69) is 4.98 Å². The van der Waals surface area contributed by atoms with Gasteiger partial charge in [-0.2, -0.15) is 0 Å². The largest absolute Gasteiger partial charge is 0.334 e. The number of aromatic nitrogens is 2. The summed E-state index contributed by atoms with van der Waals surface area (Å²) < 4.78 is 2.01. The van der Waals surface area contributed by atoms with Gasteiger partial charge in [-0.25, -0.2) is 4.98 Å². The van der Waals surface area contributed by atoms with Crippen LogP contribution >= 0.6 is 11.6 Å². The zero-order valence-corrected chi connectivity index (χ0v) is 8.92. The molecule has 1 aromatic carbocycles. The maximum atomic E-state index is 5.83. The Morgan fingerprint density at radius 3 is 2.36 bits per heavy atom. The van der Waals surface area contributed by atoms with Gasteiger partial charge in [0, 0.05) is 17.6 Å². The van der Waals surface area contributed by atoms with E-state index in [1.807, 2.05) is 49.1 Å². The van der Waals surface area contributed by atoms with Crippen molar-refractivity contribution >= 4 is 11.6 Å². The molecule has 0 saturated heterocycles. The second-order valence-corrected chi connectivity index (χ2v) is 3.73. The van der Waals surface area contributed by atoms with Crippen LogP contribution in [0.15, 0.2) is 30.6 Å². The molecule has 1 heterocycles. The summed E-state index contributed by atoms with van der Waals surface area (Å²) in [6, 6.07) is 7.80. The van der Waals surface area contributed by atoms with Gasteiger partial charge < -0.3 is 4.57 Å². The molecule has 0 radical (unpaired) electrons. The Bertz CT molecular complexity index is 423. The summed E-state index contributed by atoms with van der Waals surface area (Å²) >= 11 is 5.83. The molecule has 1 aromatic heterocycles. The van der Waals surface area contributed by atoms with Crippen LogP contribution in [0.3, 0.4) is 0 Å². The average Bonchev–Trinajstić information content (AvgIpc) is 2.49. The molecule has 0 N–H and O–H groups in total. The van der Waals surface area contributed by atoms with Crippen molar-refractivity contribution in [2.45, 2.75) is 6.92 Å². The minimum Gasteiger partial charge on any atom is -0.334 e. The summed E-state index contributed by atoms with van der Waals surface area (Å²) in [6.07, 6.45) is 1.82. The monoisotopic (exact) mass is 206 g/mol. The number of benzene rings is 1. The molecule has 2 nitrogen and oxygen atoms in total. The minimum atomic E-state index is 0.758. The Morgan fingerprint density at radius 2 is 1.86 bits per heavy atom. The van der Waals surface area contributed by atoms with Crippen LogP contribution in [0.1, 0.15) is 5.69 Å². The van der Waals surface area contributed by atoms with E-state index in [-0.39, 0.29) is 0 Å². The van der Waals surface area contributed by atoms with Gasteiger partial charge in [0.1, 0.15) is 0 Å². The van der Waals surface area contributed by atoms with Crippen LogP contribution in [-0.4, -0.2) is 9.55 Å². The van der Waals surface area contributed by atoms with Crippen LogP contribution in [0.25, 0.3) is 11.3 Å². The predicted octanol–water partition coefficient (Wildman–Crippen LogP) is 3.05. The van der Waals surface area contributed by atoms with Gasteiger partial charge in [0.05, 0.1) is 17.7 Å². The lowest BCUT2D eigenvalue weighted by atomic mass is 10.1. The molecule has 0 fully saturated rings. The maximum absolute atomic E-state index is 5.83. The van der Waals surface area contributed by atoms with Crippen LogP contribution in [0.5, 0.6) is 0 Å². The lowest BCUT2D eigenvalue weighted by Crippen LogP contribution is -1.90. The number of aryl methyl sites for hydroxylation is 2. The van der Waals surface area contributed by atoms with Gasteiger partial charge in [0.15, 0.2) is 0 Å². The van der Waals surface area contributed by atoms with Crippen LogP contribution in [-0.2, 0) is 7.05 Å². The molecule has 0 bridgehead atoms. The molecule has 0 spiro atoms. The predicted molar refractivity (Wildman–Crippen MR) is 58.4 cm³/mol. The van der Waals surface area contributed by atoms with E-state index in [4.69, 9.17) is 11.6 Å². The number of hydrogen-bond acceptors (Lipinski definition) is 1. The molecule has 0 aliphatic carbocycles. The van der Waals surface area contributed by atoms with Crippen molar-refractivity contribution in [2.24, 2.45) is 7.05 Å². The van der Waals surface area contributed by atoms with Crippen molar-refractivity contribution in [1.29, 1.82) is 0 Å². The van der Waals surface area contributed by atoms with Crippen molar-refractivity contribution in [3.05, 3.63) is 41.3 Å². The highest BCUT2D eigenvalue weighted by atomic mass is 35.5. The molecular weight excluding hydrogens is 196 g/mol. The molecule has 3 heteroatoms. The number of rotatable bonds is 1. The quantitative estimate of drug-likeness (QED) is 0.701. The first-order valence-electron chi connectivity index (χ1n) is 4.42. The van der Waals surface area contributed by atoms with E-state index in [9.17, 15) is 0 Å². The minimum absolute atomic E-state index is 0.758. The smallest absolute Gasteiger partial charge is 0.0951 e. The summed E-state index contributed by atoms with van der Waals surface area (Å²) in [4.78, 5) is 4.24. The van der Waals surface area contributed by atoms with E-state index in [1.54, 1.807) is 0 Å². The van der Waals surface area contributed by atoms with E-state index in [1.165, 1.54) is 0 Å². The van der Waals surface area contributed by atoms with Crippen molar-refractivity contribution in [3.8, 4) is 11.3 Å². The fourth-order valence-electron chi connectivity index (χ4n) is 1.57. The highest BCUT2D eigenvalue weighted by Crippen LogP contribution is 2.23. The highest BCUT2D eigenvalue weighted by Gasteiger charge is 2.06. The fourth-order valence-corrected chi connectivity index (χ4v) is 1.69. The molecular formula is C11H11ClN2. The molecule has 2 rings (SSSR count). The third-order valence-corrected chi connectivity index (χ3v) is 2.49. The van der Waals surface area contributed by atoms with E-state index >= 15 is 0 Å². The Hall–Kier alpha value is -1.28. The van der Waals surface area contributed by atoms with Crippen LogP contribution in [0, 0.1) is 6.92 Å². The van der Waals surface area contributed by atoms with Gasteiger partial charge in [0.25, 0.3) is 0 Å². The molecule has 0 aliphatic rings. The SMILES string of the molecule is Cc1ncn(C)c1-c1ccc(Cl)cc1. The summed E-state index contributed by atoms with van der Waals surface area (Å²) in [6.45, 7) is 2.00. The number of imidazole rings is 1. The Kier molecular flexibility index (Phi) is 2.30. The summed E-state index contributed by atoms with van der Waals surface area (Å²) in [5.74, 6) is 0. The molecule has 0 saturated carbocycles. The first kappa shape index (κ1) is 9.28. The Morgan fingerprint density at radius 1 is 1.21 bits per heavy atom. The van der Waals surface area contributed by atoms with Crippen molar-refractivity contribution in [2.75, 3.05) is 0 Å². The number of hydrogen-bond donors (Lipinski definition) is 0. The van der Waals surface area contributed by atoms with Gasteiger partial charge in [0.2, 0.25) is 0 Å². The highest BCUT2D eigenvalue weighted by molar-refractivity contribution is 6.30. The molecule has 2 aromatic rings. The maximum Gasteiger partial charge on any atom is 0.0951 e. The molecule has 0 atom stereocenters. The molecule has 0 unspecified atom stereocenters. The second kappa shape index (κ2) is 3.46.